The van der Waals surface area contributed by atoms with Crippen molar-refractivity contribution in [2.45, 2.75) is 32.0 Å². The Labute approximate surface area is 289 Å². The summed E-state index contributed by atoms with van der Waals surface area (Å²) in [5, 5.41) is 13.9. The first-order valence-electron chi connectivity index (χ1n) is 16.1. The van der Waals surface area contributed by atoms with Gasteiger partial charge in [-0.3, -0.25) is 19.1 Å². The van der Waals surface area contributed by atoms with Gasteiger partial charge in [-0.25, -0.2) is 9.67 Å². The molecule has 3 amide bonds. The Morgan fingerprint density at radius 1 is 1.06 bits per heavy atom. The summed E-state index contributed by atoms with van der Waals surface area (Å²) in [5.41, 5.74) is -0.0485. The third-order valence-electron chi connectivity index (χ3n) is 8.72. The maximum absolute atomic E-state index is 13.9. The number of hydrogen-bond donors (Lipinski definition) is 3. The number of hydrogen-bond acceptors (Lipinski definition) is 8. The Balaban J connectivity index is 1.06. The number of ether oxygens (including phenoxy) is 1. The number of carbonyl (C=O) groups is 3. The van der Waals surface area contributed by atoms with Crippen LogP contribution in [0.2, 0.25) is 5.02 Å². The fraction of sp³-hybridized carbons (Fsp3) is 0.438. The molecule has 5 heterocycles. The standard InChI is InChI=1S/C32H36ClF3N10O4/c1-50-13-12-45-19-24(17-39-45)46-18-21(27(42-46)32(34,35)36)14-23-16-38-28(40-23)29(47)41-22-2-3-25(26(33)15-22)31(49)44-10-8-43(9-11-44)30(48)20-4-6-37-7-5-20/h2-3,15-20,37H,4-14H2,1H3,(H,38,40)(H,41,47). The highest BCUT2D eigenvalue weighted by molar-refractivity contribution is 6.34. The van der Waals surface area contributed by atoms with Crippen molar-refractivity contribution < 1.29 is 32.3 Å². The van der Waals surface area contributed by atoms with Crippen molar-refractivity contribution in [3.63, 3.8) is 0 Å². The van der Waals surface area contributed by atoms with Gasteiger partial charge < -0.3 is 30.2 Å². The summed E-state index contributed by atoms with van der Waals surface area (Å²) in [6.07, 6.45) is 2.20. The highest BCUT2D eigenvalue weighted by Crippen LogP contribution is 2.32. The van der Waals surface area contributed by atoms with Gasteiger partial charge in [0.15, 0.2) is 11.5 Å². The number of anilines is 1. The second-order valence-electron chi connectivity index (χ2n) is 12.1. The van der Waals surface area contributed by atoms with E-state index < -0.39 is 17.8 Å². The van der Waals surface area contributed by atoms with Crippen LogP contribution in [0.1, 0.15) is 50.8 Å². The van der Waals surface area contributed by atoms with Crippen molar-refractivity contribution >= 4 is 35.0 Å². The molecule has 6 rings (SSSR count). The number of piperidine rings is 1. The number of aromatic nitrogens is 6. The molecule has 3 N–H and O–H groups in total. The van der Waals surface area contributed by atoms with Crippen LogP contribution in [0.25, 0.3) is 5.69 Å². The second kappa shape index (κ2) is 15.0. The van der Waals surface area contributed by atoms with Gasteiger partial charge in [0.1, 0.15) is 5.69 Å². The number of H-pyrrole nitrogens is 1. The molecule has 3 aromatic heterocycles. The van der Waals surface area contributed by atoms with Gasteiger partial charge in [0.25, 0.3) is 11.8 Å². The summed E-state index contributed by atoms with van der Waals surface area (Å²) in [7, 11) is 1.53. The van der Waals surface area contributed by atoms with Gasteiger partial charge in [-0.1, -0.05) is 11.6 Å². The van der Waals surface area contributed by atoms with E-state index in [2.05, 4.69) is 30.8 Å². The molecule has 2 aliphatic heterocycles. The van der Waals surface area contributed by atoms with E-state index >= 15 is 0 Å². The Morgan fingerprint density at radius 2 is 1.80 bits per heavy atom. The van der Waals surface area contributed by atoms with Gasteiger partial charge >= 0.3 is 6.18 Å². The van der Waals surface area contributed by atoms with E-state index in [1.54, 1.807) is 11.1 Å². The molecule has 50 heavy (non-hydrogen) atoms. The molecule has 0 atom stereocenters. The lowest BCUT2D eigenvalue weighted by Crippen LogP contribution is -2.52. The minimum absolute atomic E-state index is 0.0184. The molecule has 0 aliphatic carbocycles. The third kappa shape index (κ3) is 8.00. The molecule has 2 fully saturated rings. The Hall–Kier alpha value is -4.74. The van der Waals surface area contributed by atoms with Crippen molar-refractivity contribution in [3.05, 3.63) is 76.3 Å². The molecule has 0 saturated carbocycles. The summed E-state index contributed by atoms with van der Waals surface area (Å²) in [4.78, 5) is 49.4. The SMILES string of the molecule is COCCn1cc(-n2cc(Cc3cnc(C(=O)Nc4ccc(C(=O)N5CCN(C(=O)C6CCNCC6)CC5)c(Cl)c4)[nH]3)c(C(F)(F)F)n2)cn1. The molecule has 0 spiro atoms. The van der Waals surface area contributed by atoms with Crippen LogP contribution in [-0.4, -0.2) is 110 Å². The first-order valence-corrected chi connectivity index (χ1v) is 16.5. The quantitative estimate of drug-likeness (QED) is 0.226. The lowest BCUT2D eigenvalue weighted by molar-refractivity contribution is -0.142. The van der Waals surface area contributed by atoms with E-state index in [4.69, 9.17) is 16.3 Å². The van der Waals surface area contributed by atoms with Crippen LogP contribution in [0.15, 0.2) is 43.0 Å². The van der Waals surface area contributed by atoms with E-state index in [0.29, 0.717) is 50.7 Å². The Morgan fingerprint density at radius 3 is 2.50 bits per heavy atom. The predicted molar refractivity (Wildman–Crippen MR) is 175 cm³/mol. The van der Waals surface area contributed by atoms with Crippen LogP contribution in [0.4, 0.5) is 18.9 Å². The number of carbonyl (C=O) groups excluding carboxylic acids is 3. The lowest BCUT2D eigenvalue weighted by atomic mass is 9.96. The molecule has 0 radical (unpaired) electrons. The van der Waals surface area contributed by atoms with Gasteiger partial charge in [-0.15, -0.1) is 0 Å². The van der Waals surface area contributed by atoms with Crippen LogP contribution in [-0.2, 0) is 28.7 Å². The average molecular weight is 717 g/mol. The number of halogens is 4. The zero-order valence-corrected chi connectivity index (χ0v) is 27.9. The number of nitrogens with zero attached hydrogens (tertiary/aromatic N) is 7. The predicted octanol–water partition coefficient (Wildman–Crippen LogP) is 3.24. The molecule has 0 unspecified atom stereocenters. The normalized spacial score (nSPS) is 15.8. The number of piperazine rings is 1. The van der Waals surface area contributed by atoms with Crippen molar-refractivity contribution in [2.75, 3.05) is 58.3 Å². The van der Waals surface area contributed by atoms with Crippen LogP contribution in [0.5, 0.6) is 0 Å². The summed E-state index contributed by atoms with van der Waals surface area (Å²) in [6.45, 7) is 4.14. The summed E-state index contributed by atoms with van der Waals surface area (Å²) >= 11 is 6.47. The summed E-state index contributed by atoms with van der Waals surface area (Å²) in [6, 6.07) is 4.48. The van der Waals surface area contributed by atoms with Crippen molar-refractivity contribution in [3.8, 4) is 5.69 Å². The molecular weight excluding hydrogens is 681 g/mol. The minimum Gasteiger partial charge on any atom is -0.383 e. The van der Waals surface area contributed by atoms with Gasteiger partial charge in [0.2, 0.25) is 5.91 Å². The molecular formula is C32H36ClF3N10O4. The van der Waals surface area contributed by atoms with Crippen molar-refractivity contribution in [1.82, 2.24) is 44.6 Å². The maximum atomic E-state index is 13.9. The molecule has 266 valence electrons. The van der Waals surface area contributed by atoms with E-state index in [0.717, 1.165) is 30.6 Å². The fourth-order valence-corrected chi connectivity index (χ4v) is 6.30. The number of alkyl halides is 3. The molecule has 2 saturated heterocycles. The third-order valence-corrected chi connectivity index (χ3v) is 9.03. The zero-order chi connectivity index (χ0) is 35.4. The zero-order valence-electron chi connectivity index (χ0n) is 27.2. The number of methoxy groups -OCH3 is 1. The Kier molecular flexibility index (Phi) is 10.5. The number of benzene rings is 1. The topological polar surface area (TPSA) is 155 Å². The molecule has 1 aromatic carbocycles. The molecule has 14 nitrogen and oxygen atoms in total. The van der Waals surface area contributed by atoms with Gasteiger partial charge in [0.05, 0.1) is 36.1 Å². The molecule has 18 heteroatoms. The molecule has 0 bridgehead atoms. The Bertz CT molecular complexity index is 1840. The monoisotopic (exact) mass is 716 g/mol. The van der Waals surface area contributed by atoms with E-state index in [9.17, 15) is 27.6 Å². The van der Waals surface area contributed by atoms with Crippen LogP contribution < -0.4 is 10.6 Å². The highest BCUT2D eigenvalue weighted by atomic mass is 35.5. The smallest absolute Gasteiger partial charge is 0.383 e. The molecule has 4 aromatic rings. The van der Waals surface area contributed by atoms with Gasteiger partial charge in [-0.2, -0.15) is 23.4 Å². The van der Waals surface area contributed by atoms with E-state index in [-0.39, 0.29) is 51.8 Å². The van der Waals surface area contributed by atoms with Crippen LogP contribution in [0, 0.1) is 5.92 Å². The van der Waals surface area contributed by atoms with Crippen molar-refractivity contribution in [1.29, 1.82) is 0 Å². The van der Waals surface area contributed by atoms with E-state index in [1.807, 2.05) is 4.90 Å². The van der Waals surface area contributed by atoms with Crippen LogP contribution >= 0.6 is 11.6 Å². The van der Waals surface area contributed by atoms with E-state index in [1.165, 1.54) is 48.6 Å². The summed E-state index contributed by atoms with van der Waals surface area (Å²) in [5.74, 6) is -0.908. The summed E-state index contributed by atoms with van der Waals surface area (Å²) < 4.78 is 49.3. The number of imidazole rings is 1. The largest absolute Gasteiger partial charge is 0.435 e. The maximum Gasteiger partial charge on any atom is 0.435 e. The number of nitrogens with one attached hydrogen (secondary N) is 3. The first-order chi connectivity index (χ1) is 24.0. The van der Waals surface area contributed by atoms with Crippen molar-refractivity contribution in [2.24, 2.45) is 5.92 Å². The lowest BCUT2D eigenvalue weighted by Gasteiger charge is -2.37. The first kappa shape index (κ1) is 35.1. The highest BCUT2D eigenvalue weighted by Gasteiger charge is 2.37. The van der Waals surface area contributed by atoms with Gasteiger partial charge in [-0.05, 0) is 44.1 Å². The van der Waals surface area contributed by atoms with Crippen LogP contribution in [0.3, 0.4) is 0 Å². The fourth-order valence-electron chi connectivity index (χ4n) is 6.04. The average Bonchev–Trinajstić information content (AvgIpc) is 3.88. The number of rotatable bonds is 10. The van der Waals surface area contributed by atoms with Gasteiger partial charge in [0, 0.05) is 75.0 Å². The number of aromatic amines is 1. The second-order valence-corrected chi connectivity index (χ2v) is 12.5. The minimum atomic E-state index is -4.72. The number of amides is 3. The molecule has 2 aliphatic rings.